The van der Waals surface area contributed by atoms with E-state index >= 15 is 0 Å². The first-order valence-electron chi connectivity index (χ1n) is 5.71. The van der Waals surface area contributed by atoms with Crippen LogP contribution in [0.3, 0.4) is 0 Å². The molecular formula is C12H12N2O5. The van der Waals surface area contributed by atoms with Gasteiger partial charge >= 0.3 is 0 Å². The van der Waals surface area contributed by atoms with Crippen molar-refractivity contribution in [3.63, 3.8) is 0 Å². The maximum Gasteiger partial charge on any atom is 0.270 e. The van der Waals surface area contributed by atoms with Gasteiger partial charge in [-0.25, -0.2) is 0 Å². The Morgan fingerprint density at radius 1 is 1.32 bits per heavy atom. The van der Waals surface area contributed by atoms with E-state index in [2.05, 4.69) is 0 Å². The molecule has 1 aromatic rings. The number of aliphatic hydroxyl groups is 1. The average Bonchev–Trinajstić information content (AvgIpc) is 2.63. The molecular weight excluding hydrogens is 252 g/mol. The number of fused-ring (bicyclic) bond motifs is 1. The highest BCUT2D eigenvalue weighted by atomic mass is 16.6. The second kappa shape index (κ2) is 4.77. The van der Waals surface area contributed by atoms with Gasteiger partial charge in [0.05, 0.1) is 16.1 Å². The first-order chi connectivity index (χ1) is 8.95. The Morgan fingerprint density at radius 2 is 1.95 bits per heavy atom. The van der Waals surface area contributed by atoms with E-state index in [4.69, 9.17) is 5.11 Å². The molecule has 0 saturated heterocycles. The first kappa shape index (κ1) is 13.2. The number of imide groups is 1. The van der Waals surface area contributed by atoms with Gasteiger partial charge in [-0.1, -0.05) is 6.92 Å². The van der Waals surface area contributed by atoms with Crippen molar-refractivity contribution in [2.45, 2.75) is 6.92 Å². The number of hydrogen-bond donors (Lipinski definition) is 1. The second-order valence-electron chi connectivity index (χ2n) is 4.50. The fourth-order valence-corrected chi connectivity index (χ4v) is 1.93. The van der Waals surface area contributed by atoms with Crippen molar-refractivity contribution in [2.75, 3.05) is 13.2 Å². The molecule has 1 aliphatic rings. The van der Waals surface area contributed by atoms with Crippen LogP contribution < -0.4 is 0 Å². The van der Waals surface area contributed by atoms with Gasteiger partial charge in [-0.2, -0.15) is 0 Å². The summed E-state index contributed by atoms with van der Waals surface area (Å²) in [7, 11) is 0. The largest absolute Gasteiger partial charge is 0.396 e. The Labute approximate surface area is 108 Å². The van der Waals surface area contributed by atoms with Crippen molar-refractivity contribution >= 4 is 17.5 Å². The second-order valence-corrected chi connectivity index (χ2v) is 4.50. The number of benzene rings is 1. The third-order valence-electron chi connectivity index (χ3n) is 2.97. The SMILES string of the molecule is CC(CO)CN1C(=O)c2ccc([N+](=O)[O-])cc2C1=O. The normalized spacial score (nSPS) is 15.6. The number of hydrogen-bond acceptors (Lipinski definition) is 5. The smallest absolute Gasteiger partial charge is 0.270 e. The minimum Gasteiger partial charge on any atom is -0.396 e. The molecule has 7 heteroatoms. The molecule has 1 aliphatic heterocycles. The standard InChI is InChI=1S/C12H12N2O5/c1-7(6-15)5-13-11(16)9-3-2-8(14(18)19)4-10(9)12(13)17/h2-4,7,15H,5-6H2,1H3. The van der Waals surface area contributed by atoms with E-state index in [0.717, 1.165) is 11.0 Å². The fraction of sp³-hybridized carbons (Fsp3) is 0.333. The van der Waals surface area contributed by atoms with Crippen LogP contribution in [0.25, 0.3) is 0 Å². The Morgan fingerprint density at radius 3 is 2.53 bits per heavy atom. The lowest BCUT2D eigenvalue weighted by molar-refractivity contribution is -0.384. The lowest BCUT2D eigenvalue weighted by atomic mass is 10.1. The van der Waals surface area contributed by atoms with E-state index in [9.17, 15) is 19.7 Å². The van der Waals surface area contributed by atoms with Crippen molar-refractivity contribution < 1.29 is 19.6 Å². The van der Waals surface area contributed by atoms with E-state index in [1.54, 1.807) is 6.92 Å². The number of nitro benzene ring substituents is 1. The van der Waals surface area contributed by atoms with Gasteiger partial charge in [-0.15, -0.1) is 0 Å². The molecule has 0 radical (unpaired) electrons. The Kier molecular flexibility index (Phi) is 3.30. The van der Waals surface area contributed by atoms with Crippen LogP contribution in [-0.2, 0) is 0 Å². The quantitative estimate of drug-likeness (QED) is 0.493. The van der Waals surface area contributed by atoms with Crippen LogP contribution in [0.1, 0.15) is 27.6 Å². The molecule has 2 rings (SSSR count). The van der Waals surface area contributed by atoms with Crippen LogP contribution in [-0.4, -0.2) is 39.9 Å². The van der Waals surface area contributed by atoms with Crippen LogP contribution in [0.5, 0.6) is 0 Å². The number of nitrogens with zero attached hydrogens (tertiary/aromatic N) is 2. The van der Waals surface area contributed by atoms with Crippen molar-refractivity contribution in [3.05, 3.63) is 39.4 Å². The lowest BCUT2D eigenvalue weighted by Gasteiger charge is -2.17. The van der Waals surface area contributed by atoms with E-state index in [0.29, 0.717) is 0 Å². The van der Waals surface area contributed by atoms with Gasteiger partial charge in [-0.05, 0) is 12.0 Å². The molecule has 1 heterocycles. The molecule has 19 heavy (non-hydrogen) atoms. The summed E-state index contributed by atoms with van der Waals surface area (Å²) in [6, 6.07) is 3.60. The maximum absolute atomic E-state index is 12.0. The molecule has 2 amide bonds. The van der Waals surface area contributed by atoms with Crippen LogP contribution in [0.4, 0.5) is 5.69 Å². The molecule has 0 saturated carbocycles. The number of rotatable bonds is 4. The number of nitro groups is 1. The van der Waals surface area contributed by atoms with Crippen LogP contribution >= 0.6 is 0 Å². The average molecular weight is 264 g/mol. The summed E-state index contributed by atoms with van der Waals surface area (Å²) in [6.07, 6.45) is 0. The lowest BCUT2D eigenvalue weighted by Crippen LogP contribution is -2.34. The summed E-state index contributed by atoms with van der Waals surface area (Å²) in [4.78, 5) is 35.1. The molecule has 1 atom stereocenters. The van der Waals surface area contributed by atoms with Crippen LogP contribution in [0.15, 0.2) is 18.2 Å². The summed E-state index contributed by atoms with van der Waals surface area (Å²) in [5, 5.41) is 19.6. The Bertz CT molecular complexity index is 569. The highest BCUT2D eigenvalue weighted by Crippen LogP contribution is 2.27. The molecule has 0 aromatic heterocycles. The number of aliphatic hydroxyl groups excluding tert-OH is 1. The maximum atomic E-state index is 12.0. The third kappa shape index (κ3) is 2.19. The van der Waals surface area contributed by atoms with Crippen LogP contribution in [0, 0.1) is 16.0 Å². The van der Waals surface area contributed by atoms with Gasteiger partial charge < -0.3 is 5.11 Å². The van der Waals surface area contributed by atoms with Crippen molar-refractivity contribution in [1.29, 1.82) is 0 Å². The first-order valence-corrected chi connectivity index (χ1v) is 5.71. The fourth-order valence-electron chi connectivity index (χ4n) is 1.93. The zero-order chi connectivity index (χ0) is 14.2. The topological polar surface area (TPSA) is 101 Å². The zero-order valence-electron chi connectivity index (χ0n) is 10.2. The molecule has 1 unspecified atom stereocenters. The molecule has 0 bridgehead atoms. The molecule has 1 N–H and O–H groups in total. The van der Waals surface area contributed by atoms with Gasteiger partial charge in [0.1, 0.15) is 0 Å². The van der Waals surface area contributed by atoms with Gasteiger partial charge in [0.2, 0.25) is 0 Å². The van der Waals surface area contributed by atoms with Crippen LogP contribution in [0.2, 0.25) is 0 Å². The monoisotopic (exact) mass is 264 g/mol. The van der Waals surface area contributed by atoms with Gasteiger partial charge in [-0.3, -0.25) is 24.6 Å². The summed E-state index contributed by atoms with van der Waals surface area (Å²) in [5.41, 5.74) is -0.0120. The summed E-state index contributed by atoms with van der Waals surface area (Å²) in [5.74, 6) is -1.27. The number of carbonyl (C=O) groups is 2. The van der Waals surface area contributed by atoms with E-state index in [1.807, 2.05) is 0 Å². The van der Waals surface area contributed by atoms with E-state index in [-0.39, 0.29) is 35.9 Å². The summed E-state index contributed by atoms with van der Waals surface area (Å²) in [6.45, 7) is 1.65. The predicted octanol–water partition coefficient (Wildman–Crippen LogP) is 0.819. The number of amides is 2. The number of carbonyl (C=O) groups excluding carboxylic acids is 2. The van der Waals surface area contributed by atoms with Crippen molar-refractivity contribution in [3.8, 4) is 0 Å². The zero-order valence-corrected chi connectivity index (χ0v) is 10.2. The van der Waals surface area contributed by atoms with E-state index in [1.165, 1.54) is 12.1 Å². The highest BCUT2D eigenvalue weighted by Gasteiger charge is 2.37. The molecule has 7 nitrogen and oxygen atoms in total. The minimum absolute atomic E-state index is 0.0457. The van der Waals surface area contributed by atoms with Crippen molar-refractivity contribution in [1.82, 2.24) is 4.90 Å². The Balaban J connectivity index is 2.36. The molecule has 1 aromatic carbocycles. The molecule has 0 spiro atoms. The van der Waals surface area contributed by atoms with Gasteiger partial charge in [0.15, 0.2) is 0 Å². The molecule has 100 valence electrons. The third-order valence-corrected chi connectivity index (χ3v) is 2.97. The van der Waals surface area contributed by atoms with Gasteiger partial charge in [0.25, 0.3) is 17.5 Å². The summed E-state index contributed by atoms with van der Waals surface area (Å²) >= 11 is 0. The minimum atomic E-state index is -0.614. The predicted molar refractivity (Wildman–Crippen MR) is 64.7 cm³/mol. The number of non-ortho nitro benzene ring substituents is 1. The van der Waals surface area contributed by atoms with Crippen molar-refractivity contribution in [2.24, 2.45) is 5.92 Å². The Hall–Kier alpha value is -2.28. The molecule has 0 fully saturated rings. The van der Waals surface area contributed by atoms with E-state index < -0.39 is 16.7 Å². The van der Waals surface area contributed by atoms with Gasteiger partial charge in [0, 0.05) is 25.3 Å². The summed E-state index contributed by atoms with van der Waals surface area (Å²) < 4.78 is 0. The molecule has 0 aliphatic carbocycles. The highest BCUT2D eigenvalue weighted by molar-refractivity contribution is 6.21.